The number of aliphatic hydroxyl groups is 4. The van der Waals surface area contributed by atoms with Gasteiger partial charge >= 0.3 is 0 Å². The fourth-order valence-electron chi connectivity index (χ4n) is 4.00. The number of amides is 2. The highest BCUT2D eigenvalue weighted by Crippen LogP contribution is 2.20. The molecule has 0 bridgehead atoms. The van der Waals surface area contributed by atoms with Crippen molar-refractivity contribution in [3.05, 3.63) is 11.6 Å². The van der Waals surface area contributed by atoms with E-state index in [2.05, 4.69) is 17.6 Å². The molecule has 33 heavy (non-hydrogen) atoms. The summed E-state index contributed by atoms with van der Waals surface area (Å²) in [6.07, 6.45) is 10.6. The second-order valence-corrected chi connectivity index (χ2v) is 9.33. The van der Waals surface area contributed by atoms with Crippen LogP contribution in [0.3, 0.4) is 0 Å². The quantitative estimate of drug-likeness (QED) is 0.180. The van der Waals surface area contributed by atoms with Crippen LogP contribution in [-0.4, -0.2) is 69.2 Å². The molecule has 0 saturated carbocycles. The number of unbranched alkanes of at least 4 members (excludes halogenated alkanes) is 11. The maximum Gasteiger partial charge on any atom is 0.250 e. The van der Waals surface area contributed by atoms with E-state index in [4.69, 9.17) is 0 Å². The van der Waals surface area contributed by atoms with Gasteiger partial charge in [-0.25, -0.2) is 0 Å². The second-order valence-electron chi connectivity index (χ2n) is 9.33. The van der Waals surface area contributed by atoms with Gasteiger partial charge in [0.1, 0.15) is 12.2 Å². The molecule has 0 heterocycles. The zero-order valence-corrected chi connectivity index (χ0v) is 20.5. The first kappa shape index (κ1) is 29.6. The Balaban J connectivity index is 2.12. The van der Waals surface area contributed by atoms with Gasteiger partial charge in [0, 0.05) is 18.5 Å². The van der Waals surface area contributed by atoms with E-state index in [1.54, 1.807) is 0 Å². The Morgan fingerprint density at radius 1 is 0.939 bits per heavy atom. The van der Waals surface area contributed by atoms with Crippen molar-refractivity contribution in [1.29, 1.82) is 0 Å². The molecule has 0 aromatic rings. The van der Waals surface area contributed by atoms with Gasteiger partial charge in [-0.3, -0.25) is 9.59 Å². The SMILES string of the molecule is CCCCCCCCCCCCCCNC(=O)[C@H](O)[C@H](C)NC(=O)C1=C[C@H](O)[C@H](O)[C@@H](O)C1. The van der Waals surface area contributed by atoms with Crippen molar-refractivity contribution in [2.75, 3.05) is 6.54 Å². The molecule has 1 rings (SSSR count). The highest BCUT2D eigenvalue weighted by atomic mass is 16.4. The Morgan fingerprint density at radius 3 is 1.97 bits per heavy atom. The van der Waals surface area contributed by atoms with Gasteiger partial charge in [-0.2, -0.15) is 0 Å². The van der Waals surface area contributed by atoms with Crippen LogP contribution in [0, 0.1) is 0 Å². The zero-order chi connectivity index (χ0) is 24.6. The Kier molecular flexibility index (Phi) is 15.2. The summed E-state index contributed by atoms with van der Waals surface area (Å²) < 4.78 is 0. The lowest BCUT2D eigenvalue weighted by Crippen LogP contribution is -2.50. The third kappa shape index (κ3) is 12.0. The van der Waals surface area contributed by atoms with Crippen LogP contribution in [0.25, 0.3) is 0 Å². The number of carbonyl (C=O) groups is 2. The molecular formula is C25H46N2O6. The Hall–Kier alpha value is -1.48. The van der Waals surface area contributed by atoms with Crippen LogP contribution in [-0.2, 0) is 9.59 Å². The molecule has 0 aliphatic heterocycles. The molecule has 192 valence electrons. The summed E-state index contributed by atoms with van der Waals surface area (Å²) in [5.41, 5.74) is 0.108. The number of hydrogen-bond acceptors (Lipinski definition) is 6. The van der Waals surface area contributed by atoms with Crippen LogP contribution in [0.4, 0.5) is 0 Å². The predicted molar refractivity (Wildman–Crippen MR) is 128 cm³/mol. The minimum absolute atomic E-state index is 0.108. The molecule has 5 atom stereocenters. The highest BCUT2D eigenvalue weighted by Gasteiger charge is 2.32. The molecule has 2 amide bonds. The molecule has 0 saturated heterocycles. The number of aliphatic hydroxyl groups excluding tert-OH is 4. The van der Waals surface area contributed by atoms with Crippen molar-refractivity contribution in [1.82, 2.24) is 10.6 Å². The lowest BCUT2D eigenvalue weighted by molar-refractivity contribution is -0.131. The van der Waals surface area contributed by atoms with Gasteiger partial charge in [-0.1, -0.05) is 77.6 Å². The van der Waals surface area contributed by atoms with Crippen molar-refractivity contribution in [2.24, 2.45) is 0 Å². The van der Waals surface area contributed by atoms with Gasteiger partial charge in [-0.15, -0.1) is 0 Å². The van der Waals surface area contributed by atoms with E-state index in [-0.39, 0.29) is 12.0 Å². The van der Waals surface area contributed by atoms with E-state index in [0.29, 0.717) is 6.54 Å². The molecule has 0 fully saturated rings. The first-order valence-corrected chi connectivity index (χ1v) is 12.8. The van der Waals surface area contributed by atoms with Gasteiger partial charge in [-0.05, 0) is 19.4 Å². The summed E-state index contributed by atoms with van der Waals surface area (Å²) in [6, 6.07) is -0.846. The average molecular weight is 471 g/mol. The summed E-state index contributed by atoms with van der Waals surface area (Å²) in [6.45, 7) is 4.23. The van der Waals surface area contributed by atoms with Crippen molar-refractivity contribution in [2.45, 2.75) is 128 Å². The Labute approximate surface area is 198 Å². The minimum atomic E-state index is -1.41. The maximum atomic E-state index is 12.3. The molecule has 0 spiro atoms. The van der Waals surface area contributed by atoms with Crippen LogP contribution in [0.1, 0.15) is 97.3 Å². The van der Waals surface area contributed by atoms with Gasteiger partial charge in [0.25, 0.3) is 5.91 Å². The van der Waals surface area contributed by atoms with Crippen molar-refractivity contribution >= 4 is 11.8 Å². The van der Waals surface area contributed by atoms with Gasteiger partial charge in [0.15, 0.2) is 6.10 Å². The summed E-state index contributed by atoms with van der Waals surface area (Å²) >= 11 is 0. The van der Waals surface area contributed by atoms with Gasteiger partial charge in [0.05, 0.1) is 12.1 Å². The molecule has 1 aliphatic rings. The molecule has 8 nitrogen and oxygen atoms in total. The number of hydrogen-bond donors (Lipinski definition) is 6. The smallest absolute Gasteiger partial charge is 0.250 e. The monoisotopic (exact) mass is 470 g/mol. The molecule has 0 unspecified atom stereocenters. The van der Waals surface area contributed by atoms with E-state index in [1.807, 2.05) is 0 Å². The van der Waals surface area contributed by atoms with Crippen molar-refractivity contribution in [3.8, 4) is 0 Å². The van der Waals surface area contributed by atoms with Crippen molar-refractivity contribution < 1.29 is 30.0 Å². The minimum Gasteiger partial charge on any atom is -0.390 e. The summed E-state index contributed by atoms with van der Waals surface area (Å²) in [5, 5.41) is 44.3. The highest BCUT2D eigenvalue weighted by molar-refractivity contribution is 5.94. The molecule has 0 radical (unpaired) electrons. The topological polar surface area (TPSA) is 139 Å². The van der Waals surface area contributed by atoms with Crippen LogP contribution < -0.4 is 10.6 Å². The van der Waals surface area contributed by atoms with Crippen LogP contribution in [0.15, 0.2) is 11.6 Å². The first-order valence-electron chi connectivity index (χ1n) is 12.8. The first-order chi connectivity index (χ1) is 15.8. The standard InChI is InChI=1S/C25H46N2O6/c1-3-4-5-6-7-8-9-10-11-12-13-14-15-26-25(33)22(30)18(2)27-24(32)19-16-20(28)23(31)21(29)17-19/h16,18,20-23,28-31H,3-15,17H2,1-2H3,(H,26,33)(H,27,32)/t18-,20-,21-,22+,23-/m0/s1. The van der Waals surface area contributed by atoms with E-state index in [1.165, 1.54) is 70.8 Å². The maximum absolute atomic E-state index is 12.3. The molecule has 6 N–H and O–H groups in total. The van der Waals surface area contributed by atoms with Gasteiger partial charge in [0.2, 0.25) is 5.91 Å². The lowest BCUT2D eigenvalue weighted by Gasteiger charge is -2.28. The van der Waals surface area contributed by atoms with E-state index in [0.717, 1.165) is 19.3 Å². The molecule has 1 aliphatic carbocycles. The normalized spacial score (nSPS) is 22.4. The summed E-state index contributed by atoms with van der Waals surface area (Å²) in [4.78, 5) is 24.4. The fourth-order valence-corrected chi connectivity index (χ4v) is 4.00. The summed E-state index contributed by atoms with van der Waals surface area (Å²) in [5.74, 6) is -1.14. The Morgan fingerprint density at radius 2 is 1.45 bits per heavy atom. The largest absolute Gasteiger partial charge is 0.390 e. The number of rotatable bonds is 17. The lowest BCUT2D eigenvalue weighted by atomic mass is 9.91. The van der Waals surface area contributed by atoms with Crippen LogP contribution >= 0.6 is 0 Å². The fraction of sp³-hybridized carbons (Fsp3) is 0.840. The van der Waals surface area contributed by atoms with E-state index in [9.17, 15) is 30.0 Å². The average Bonchev–Trinajstić information content (AvgIpc) is 2.79. The summed E-state index contributed by atoms with van der Waals surface area (Å²) in [7, 11) is 0. The Bertz CT molecular complexity index is 597. The van der Waals surface area contributed by atoms with E-state index < -0.39 is 42.3 Å². The molecule has 8 heteroatoms. The third-order valence-electron chi connectivity index (χ3n) is 6.27. The third-order valence-corrected chi connectivity index (χ3v) is 6.27. The van der Waals surface area contributed by atoms with Crippen molar-refractivity contribution in [3.63, 3.8) is 0 Å². The number of nitrogens with one attached hydrogen (secondary N) is 2. The molecule has 0 aromatic carbocycles. The van der Waals surface area contributed by atoms with Crippen LogP contribution in [0.5, 0.6) is 0 Å². The van der Waals surface area contributed by atoms with Crippen LogP contribution in [0.2, 0.25) is 0 Å². The predicted octanol–water partition coefficient (Wildman–Crippen LogP) is 2.08. The molecular weight excluding hydrogens is 424 g/mol. The zero-order valence-electron chi connectivity index (χ0n) is 20.5. The second kappa shape index (κ2) is 17.0. The van der Waals surface area contributed by atoms with Gasteiger partial charge < -0.3 is 31.1 Å². The van der Waals surface area contributed by atoms with E-state index >= 15 is 0 Å². The number of carbonyl (C=O) groups excluding carboxylic acids is 2. The molecule has 0 aromatic heterocycles.